The highest BCUT2D eigenvalue weighted by Gasteiger charge is 2.23. The molecule has 0 atom stereocenters. The van der Waals surface area contributed by atoms with Crippen molar-refractivity contribution >= 4 is 19.9 Å². The first kappa shape index (κ1) is 14.8. The molecule has 0 bridgehead atoms. The van der Waals surface area contributed by atoms with Crippen molar-refractivity contribution in [2.45, 2.75) is 18.5 Å². The highest BCUT2D eigenvalue weighted by Crippen LogP contribution is 2.02. The minimum Gasteiger partial charge on any atom is -0.312 e. The van der Waals surface area contributed by atoms with Gasteiger partial charge in [-0.15, -0.1) is 0 Å². The number of hydrogen-bond acceptors (Lipinski definition) is 6. The summed E-state index contributed by atoms with van der Waals surface area (Å²) in [6, 6.07) is 0. The normalized spacial score (nSPS) is 12.6. The van der Waals surface area contributed by atoms with Crippen molar-refractivity contribution in [3.8, 4) is 0 Å². The summed E-state index contributed by atoms with van der Waals surface area (Å²) >= 11 is 0. The zero-order valence-electron chi connectivity index (χ0n) is 9.61. The van der Waals surface area contributed by atoms with E-state index in [0.717, 1.165) is 4.57 Å². The topological polar surface area (TPSA) is 129 Å². The SMILES string of the molecule is CCn1ccnc(S(=O)(=O)CCS(N)(=O)=O)c1=O. The van der Waals surface area contributed by atoms with Gasteiger partial charge in [0.05, 0.1) is 11.5 Å². The molecule has 0 unspecified atom stereocenters. The molecule has 1 heterocycles. The molecule has 2 N–H and O–H groups in total. The average molecular weight is 295 g/mol. The second-order valence-electron chi connectivity index (χ2n) is 3.51. The molecular weight excluding hydrogens is 282 g/mol. The van der Waals surface area contributed by atoms with Gasteiger partial charge in [-0.25, -0.2) is 27.0 Å². The molecule has 0 saturated heterocycles. The molecule has 1 aromatic heterocycles. The summed E-state index contributed by atoms with van der Waals surface area (Å²) < 4.78 is 46.2. The number of rotatable bonds is 5. The third kappa shape index (κ3) is 3.62. The van der Waals surface area contributed by atoms with Crippen LogP contribution in [-0.4, -0.2) is 37.9 Å². The Balaban J connectivity index is 3.18. The fraction of sp³-hybridized carbons (Fsp3) is 0.500. The molecule has 0 aromatic carbocycles. The summed E-state index contributed by atoms with van der Waals surface area (Å²) in [7, 11) is -7.97. The average Bonchev–Trinajstić information content (AvgIpc) is 2.26. The Morgan fingerprint density at radius 3 is 2.39 bits per heavy atom. The van der Waals surface area contributed by atoms with Crippen molar-refractivity contribution in [1.29, 1.82) is 0 Å². The van der Waals surface area contributed by atoms with Crippen LogP contribution >= 0.6 is 0 Å². The number of aromatic nitrogens is 2. The zero-order valence-corrected chi connectivity index (χ0v) is 11.2. The maximum atomic E-state index is 11.8. The van der Waals surface area contributed by atoms with E-state index in [0.29, 0.717) is 6.54 Å². The Morgan fingerprint density at radius 2 is 1.89 bits per heavy atom. The van der Waals surface area contributed by atoms with Gasteiger partial charge in [0.15, 0.2) is 0 Å². The number of sulfone groups is 1. The van der Waals surface area contributed by atoms with E-state index in [-0.39, 0.29) is 0 Å². The van der Waals surface area contributed by atoms with Gasteiger partial charge in [0, 0.05) is 18.9 Å². The summed E-state index contributed by atoms with van der Waals surface area (Å²) in [6.07, 6.45) is 2.52. The van der Waals surface area contributed by atoms with Crippen LogP contribution in [0.5, 0.6) is 0 Å². The molecule has 0 aliphatic heterocycles. The Morgan fingerprint density at radius 1 is 1.28 bits per heavy atom. The van der Waals surface area contributed by atoms with Crippen LogP contribution in [0.4, 0.5) is 0 Å². The molecule has 0 aliphatic carbocycles. The van der Waals surface area contributed by atoms with E-state index in [1.54, 1.807) is 6.92 Å². The van der Waals surface area contributed by atoms with E-state index in [4.69, 9.17) is 5.14 Å². The van der Waals surface area contributed by atoms with Gasteiger partial charge in [-0.2, -0.15) is 0 Å². The predicted molar refractivity (Wildman–Crippen MR) is 64.2 cm³/mol. The number of sulfonamides is 1. The third-order valence-electron chi connectivity index (χ3n) is 2.15. The van der Waals surface area contributed by atoms with Crippen LogP contribution in [0.3, 0.4) is 0 Å². The Kier molecular flexibility index (Phi) is 4.24. The maximum Gasteiger partial charge on any atom is 0.288 e. The molecule has 0 saturated carbocycles. The molecule has 0 aliphatic rings. The van der Waals surface area contributed by atoms with E-state index in [1.807, 2.05) is 0 Å². The van der Waals surface area contributed by atoms with Crippen LogP contribution in [0.1, 0.15) is 6.92 Å². The summed E-state index contributed by atoms with van der Waals surface area (Å²) in [6.45, 7) is 1.96. The van der Waals surface area contributed by atoms with Crippen molar-refractivity contribution in [2.75, 3.05) is 11.5 Å². The van der Waals surface area contributed by atoms with E-state index in [9.17, 15) is 21.6 Å². The molecular formula is C8H13N3O5S2. The smallest absolute Gasteiger partial charge is 0.288 e. The monoisotopic (exact) mass is 295 g/mol. The van der Waals surface area contributed by atoms with Gasteiger partial charge >= 0.3 is 0 Å². The molecule has 0 fully saturated rings. The molecule has 18 heavy (non-hydrogen) atoms. The molecule has 0 amide bonds. The standard InChI is InChI=1S/C8H13N3O5S2/c1-2-11-4-3-10-7(8(11)12)17(13,14)5-6-18(9,15)16/h3-4H,2,5-6H2,1H3,(H2,9,15,16). The van der Waals surface area contributed by atoms with Gasteiger partial charge in [0.2, 0.25) is 24.9 Å². The molecule has 10 heteroatoms. The van der Waals surface area contributed by atoms with Crippen molar-refractivity contribution in [3.63, 3.8) is 0 Å². The Hall–Kier alpha value is -1.26. The molecule has 0 spiro atoms. The number of aryl methyl sites for hydroxylation is 1. The van der Waals surface area contributed by atoms with Gasteiger partial charge in [0.1, 0.15) is 0 Å². The van der Waals surface area contributed by atoms with Crippen molar-refractivity contribution in [2.24, 2.45) is 5.14 Å². The van der Waals surface area contributed by atoms with Gasteiger partial charge in [0.25, 0.3) is 5.56 Å². The van der Waals surface area contributed by atoms with Crippen LogP contribution < -0.4 is 10.7 Å². The van der Waals surface area contributed by atoms with Gasteiger partial charge in [-0.05, 0) is 6.92 Å². The fourth-order valence-electron chi connectivity index (χ4n) is 1.21. The highest BCUT2D eigenvalue weighted by molar-refractivity contribution is 7.94. The van der Waals surface area contributed by atoms with Crippen molar-refractivity contribution in [3.05, 3.63) is 22.7 Å². The highest BCUT2D eigenvalue weighted by atomic mass is 32.2. The predicted octanol–water partition coefficient (Wildman–Crippen LogP) is -1.67. The van der Waals surface area contributed by atoms with E-state index >= 15 is 0 Å². The van der Waals surface area contributed by atoms with Gasteiger partial charge in [-0.1, -0.05) is 0 Å². The molecule has 1 rings (SSSR count). The lowest BCUT2D eigenvalue weighted by Gasteiger charge is -2.05. The van der Waals surface area contributed by atoms with Crippen molar-refractivity contribution in [1.82, 2.24) is 9.55 Å². The number of hydrogen-bond donors (Lipinski definition) is 1. The van der Waals surface area contributed by atoms with Gasteiger partial charge < -0.3 is 4.57 Å². The second kappa shape index (κ2) is 5.16. The Bertz CT molecular complexity index is 690. The quantitative estimate of drug-likeness (QED) is 0.691. The summed E-state index contributed by atoms with van der Waals surface area (Å²) in [5, 5.41) is 4.06. The number of primary sulfonamides is 1. The summed E-state index contributed by atoms with van der Waals surface area (Å²) in [5.74, 6) is -1.51. The first-order valence-electron chi connectivity index (χ1n) is 4.96. The minimum atomic E-state index is -4.06. The molecule has 0 radical (unpaired) electrons. The molecule has 1 aromatic rings. The van der Waals surface area contributed by atoms with Crippen LogP contribution in [0, 0.1) is 0 Å². The second-order valence-corrected chi connectivity index (χ2v) is 7.27. The first-order valence-corrected chi connectivity index (χ1v) is 8.33. The lowest BCUT2D eigenvalue weighted by molar-refractivity contribution is 0.580. The van der Waals surface area contributed by atoms with E-state index in [2.05, 4.69) is 4.98 Å². The maximum absolute atomic E-state index is 11.8. The van der Waals surface area contributed by atoms with Crippen LogP contribution in [0.15, 0.2) is 22.2 Å². The van der Waals surface area contributed by atoms with Crippen molar-refractivity contribution < 1.29 is 16.8 Å². The van der Waals surface area contributed by atoms with E-state index in [1.165, 1.54) is 12.4 Å². The van der Waals surface area contributed by atoms with Crippen LogP contribution in [-0.2, 0) is 26.4 Å². The van der Waals surface area contributed by atoms with Gasteiger partial charge in [-0.3, -0.25) is 4.79 Å². The zero-order chi connectivity index (χ0) is 14.0. The number of nitrogens with zero attached hydrogens (tertiary/aromatic N) is 2. The summed E-state index contributed by atoms with van der Waals surface area (Å²) in [5.41, 5.74) is -0.769. The summed E-state index contributed by atoms with van der Waals surface area (Å²) in [4.78, 5) is 15.2. The molecule has 8 nitrogen and oxygen atoms in total. The fourth-order valence-corrected chi connectivity index (χ4v) is 3.82. The molecule has 102 valence electrons. The van der Waals surface area contributed by atoms with Crippen LogP contribution in [0.2, 0.25) is 0 Å². The number of nitrogens with two attached hydrogens (primary N) is 1. The lowest BCUT2D eigenvalue weighted by Crippen LogP contribution is -2.30. The first-order chi connectivity index (χ1) is 8.17. The minimum absolute atomic E-state index is 0.291. The Labute approximate surface area is 104 Å². The van der Waals surface area contributed by atoms with Crippen LogP contribution in [0.25, 0.3) is 0 Å². The van der Waals surface area contributed by atoms with E-state index < -0.39 is 42.0 Å². The largest absolute Gasteiger partial charge is 0.312 e. The lowest BCUT2D eigenvalue weighted by atomic mass is 10.6. The third-order valence-corrected chi connectivity index (χ3v) is 4.80.